The van der Waals surface area contributed by atoms with Crippen molar-refractivity contribution in [2.24, 2.45) is 0 Å². The van der Waals surface area contributed by atoms with E-state index in [4.69, 9.17) is 4.74 Å². The van der Waals surface area contributed by atoms with Crippen molar-refractivity contribution >= 4 is 27.2 Å². The van der Waals surface area contributed by atoms with Crippen LogP contribution in [0.15, 0.2) is 91.1 Å². The molecule has 6 nitrogen and oxygen atoms in total. The first-order valence-corrected chi connectivity index (χ1v) is 10.9. The van der Waals surface area contributed by atoms with E-state index in [-0.39, 0.29) is 11.5 Å². The summed E-state index contributed by atoms with van der Waals surface area (Å²) in [6.07, 6.45) is 2.87. The van der Waals surface area contributed by atoms with Gasteiger partial charge in [-0.05, 0) is 42.0 Å². The minimum Gasteiger partial charge on any atom is -0.497 e. The number of rotatable bonds is 9. The van der Waals surface area contributed by atoms with Crippen LogP contribution >= 0.6 is 0 Å². The highest BCUT2D eigenvalue weighted by Crippen LogP contribution is 2.23. The van der Waals surface area contributed by atoms with Crippen molar-refractivity contribution in [3.8, 4) is 5.75 Å². The van der Waals surface area contributed by atoms with E-state index in [0.29, 0.717) is 28.3 Å². The predicted molar refractivity (Wildman–Crippen MR) is 119 cm³/mol. The van der Waals surface area contributed by atoms with Crippen LogP contribution in [0.5, 0.6) is 5.75 Å². The summed E-state index contributed by atoms with van der Waals surface area (Å²) < 4.78 is 32.7. The number of carbonyl (C=O) groups is 1. The molecule has 3 rings (SSSR count). The lowest BCUT2D eigenvalue weighted by Crippen LogP contribution is -2.15. The van der Waals surface area contributed by atoms with E-state index in [1.165, 1.54) is 12.3 Å². The number of hydrogen-bond donors (Lipinski definition) is 2. The van der Waals surface area contributed by atoms with Gasteiger partial charge in [0.1, 0.15) is 5.75 Å². The normalized spacial score (nSPS) is 11.2. The van der Waals surface area contributed by atoms with Crippen molar-refractivity contribution in [3.05, 3.63) is 102 Å². The second-order valence-electron chi connectivity index (χ2n) is 6.46. The number of ether oxygens (including phenoxy) is 1. The maximum Gasteiger partial charge on any atom is 0.236 e. The molecule has 0 bridgehead atoms. The Morgan fingerprint density at radius 1 is 0.900 bits per heavy atom. The number of benzene rings is 3. The highest BCUT2D eigenvalue weighted by Gasteiger charge is 2.13. The second-order valence-corrected chi connectivity index (χ2v) is 8.19. The molecule has 0 unspecified atom stereocenters. The topological polar surface area (TPSA) is 84.5 Å². The van der Waals surface area contributed by atoms with Crippen LogP contribution in [-0.4, -0.2) is 21.3 Å². The van der Waals surface area contributed by atoms with Gasteiger partial charge in [-0.25, -0.2) is 8.42 Å². The number of allylic oxidation sites excluding steroid dienone is 1. The molecule has 3 aromatic carbocycles. The summed E-state index contributed by atoms with van der Waals surface area (Å²) >= 11 is 0. The second kappa shape index (κ2) is 9.76. The van der Waals surface area contributed by atoms with Crippen molar-refractivity contribution in [1.82, 2.24) is 0 Å². The Morgan fingerprint density at radius 3 is 2.20 bits per heavy atom. The molecule has 0 amide bonds. The zero-order valence-electron chi connectivity index (χ0n) is 16.4. The maximum absolute atomic E-state index is 12.5. The molecule has 0 aliphatic heterocycles. The number of nitrogens with one attached hydrogen (secondary N) is 2. The number of carbonyl (C=O) groups excluding carboxylic acids is 1. The maximum atomic E-state index is 12.5. The lowest BCUT2D eigenvalue weighted by molar-refractivity contribution is 0.104. The molecule has 2 N–H and O–H groups in total. The molecule has 0 fully saturated rings. The van der Waals surface area contributed by atoms with Crippen molar-refractivity contribution in [3.63, 3.8) is 0 Å². The Labute approximate surface area is 176 Å². The standard InChI is InChI=1S/C23H22N2O4S/c1-29-20-13-11-19(12-14-20)23(26)15-16-24-21-9-5-6-10-22(21)25-30(27,28)17-18-7-3-2-4-8-18/h2-16,24-25H,17H2,1H3. The van der Waals surface area contributed by atoms with E-state index in [0.717, 1.165) is 0 Å². The lowest BCUT2D eigenvalue weighted by Gasteiger charge is -2.12. The fourth-order valence-electron chi connectivity index (χ4n) is 2.75. The molecule has 0 aromatic heterocycles. The van der Waals surface area contributed by atoms with E-state index >= 15 is 0 Å². The summed E-state index contributed by atoms with van der Waals surface area (Å²) in [5.41, 5.74) is 2.15. The zero-order chi connectivity index (χ0) is 21.4. The van der Waals surface area contributed by atoms with Gasteiger partial charge in [0, 0.05) is 17.8 Å². The quantitative estimate of drug-likeness (QED) is 0.393. The number of sulfonamides is 1. The average Bonchev–Trinajstić information content (AvgIpc) is 2.75. The van der Waals surface area contributed by atoms with Gasteiger partial charge in [0.05, 0.1) is 24.2 Å². The Hall–Kier alpha value is -3.58. The van der Waals surface area contributed by atoms with Crippen molar-refractivity contribution in [1.29, 1.82) is 0 Å². The Morgan fingerprint density at radius 2 is 1.53 bits per heavy atom. The molecule has 0 heterocycles. The predicted octanol–water partition coefficient (Wildman–Crippen LogP) is 4.45. The number of methoxy groups -OCH3 is 1. The van der Waals surface area contributed by atoms with Crippen LogP contribution in [-0.2, 0) is 15.8 Å². The number of para-hydroxylation sites is 2. The van der Waals surface area contributed by atoms with Gasteiger partial charge in [-0.1, -0.05) is 42.5 Å². The van der Waals surface area contributed by atoms with Crippen LogP contribution in [0.3, 0.4) is 0 Å². The Kier molecular flexibility index (Phi) is 6.87. The van der Waals surface area contributed by atoms with Gasteiger partial charge in [0.25, 0.3) is 0 Å². The SMILES string of the molecule is COc1ccc(C(=O)C=CNc2ccccc2NS(=O)(=O)Cc2ccccc2)cc1. The van der Waals surface area contributed by atoms with Gasteiger partial charge in [-0.2, -0.15) is 0 Å². The van der Waals surface area contributed by atoms with Crippen molar-refractivity contribution in [2.45, 2.75) is 5.75 Å². The van der Waals surface area contributed by atoms with Gasteiger partial charge in [-0.3, -0.25) is 9.52 Å². The van der Waals surface area contributed by atoms with Gasteiger partial charge in [-0.15, -0.1) is 0 Å². The monoisotopic (exact) mass is 422 g/mol. The molecule has 0 aliphatic rings. The van der Waals surface area contributed by atoms with Crippen LogP contribution in [0, 0.1) is 0 Å². The van der Waals surface area contributed by atoms with Crippen LogP contribution in [0.25, 0.3) is 0 Å². The van der Waals surface area contributed by atoms with Crippen molar-refractivity contribution < 1.29 is 17.9 Å². The summed E-state index contributed by atoms with van der Waals surface area (Å²) in [6.45, 7) is 0. The molecule has 0 saturated heterocycles. The van der Waals surface area contributed by atoms with Gasteiger partial charge < -0.3 is 10.1 Å². The van der Waals surface area contributed by atoms with E-state index in [9.17, 15) is 13.2 Å². The zero-order valence-corrected chi connectivity index (χ0v) is 17.2. The molecule has 154 valence electrons. The molecular formula is C23H22N2O4S. The molecule has 0 saturated carbocycles. The summed E-state index contributed by atoms with van der Waals surface area (Å²) in [6, 6.07) is 22.6. The summed E-state index contributed by atoms with van der Waals surface area (Å²) in [4.78, 5) is 12.3. The smallest absolute Gasteiger partial charge is 0.236 e. The fraction of sp³-hybridized carbons (Fsp3) is 0.0870. The molecule has 0 spiro atoms. The first-order valence-electron chi connectivity index (χ1n) is 9.22. The Bertz CT molecular complexity index is 1130. The van der Waals surface area contributed by atoms with Gasteiger partial charge >= 0.3 is 0 Å². The third-order valence-electron chi connectivity index (χ3n) is 4.24. The third-order valence-corrected chi connectivity index (χ3v) is 5.48. The van der Waals surface area contributed by atoms with E-state index in [1.54, 1.807) is 79.9 Å². The first kappa shape index (κ1) is 21.1. The molecule has 7 heteroatoms. The number of hydrogen-bond acceptors (Lipinski definition) is 5. The average molecular weight is 423 g/mol. The summed E-state index contributed by atoms with van der Waals surface area (Å²) in [5, 5.41) is 2.97. The summed E-state index contributed by atoms with van der Waals surface area (Å²) in [5.74, 6) is 0.353. The first-order chi connectivity index (χ1) is 14.5. The number of anilines is 2. The summed E-state index contributed by atoms with van der Waals surface area (Å²) in [7, 11) is -2.03. The third kappa shape index (κ3) is 5.96. The fourth-order valence-corrected chi connectivity index (χ4v) is 3.97. The van der Waals surface area contributed by atoms with E-state index in [2.05, 4.69) is 10.0 Å². The molecule has 30 heavy (non-hydrogen) atoms. The molecule has 0 radical (unpaired) electrons. The van der Waals surface area contributed by atoms with Gasteiger partial charge in [0.15, 0.2) is 5.78 Å². The van der Waals surface area contributed by atoms with Crippen molar-refractivity contribution in [2.75, 3.05) is 17.1 Å². The highest BCUT2D eigenvalue weighted by molar-refractivity contribution is 7.91. The molecule has 0 atom stereocenters. The van der Waals surface area contributed by atoms with Crippen LogP contribution < -0.4 is 14.8 Å². The molecule has 0 aliphatic carbocycles. The van der Waals surface area contributed by atoms with Crippen LogP contribution in [0.4, 0.5) is 11.4 Å². The molecular weight excluding hydrogens is 400 g/mol. The molecule has 3 aromatic rings. The van der Waals surface area contributed by atoms with Crippen LogP contribution in [0.2, 0.25) is 0 Å². The van der Waals surface area contributed by atoms with E-state index < -0.39 is 10.0 Å². The van der Waals surface area contributed by atoms with Gasteiger partial charge in [0.2, 0.25) is 10.0 Å². The lowest BCUT2D eigenvalue weighted by atomic mass is 10.1. The number of ketones is 1. The largest absolute Gasteiger partial charge is 0.497 e. The minimum atomic E-state index is -3.59. The Balaban J connectivity index is 1.67. The highest BCUT2D eigenvalue weighted by atomic mass is 32.2. The minimum absolute atomic E-state index is 0.131. The van der Waals surface area contributed by atoms with E-state index in [1.807, 2.05) is 6.07 Å². The van der Waals surface area contributed by atoms with Crippen LogP contribution in [0.1, 0.15) is 15.9 Å².